The van der Waals surface area contributed by atoms with Crippen LogP contribution in [-0.2, 0) is 5.54 Å². The van der Waals surface area contributed by atoms with Gasteiger partial charge in [-0.25, -0.2) is 9.97 Å². The first-order valence-corrected chi connectivity index (χ1v) is 11.6. The molecule has 0 unspecified atom stereocenters. The van der Waals surface area contributed by atoms with Gasteiger partial charge in [0.15, 0.2) is 5.78 Å². The van der Waals surface area contributed by atoms with Crippen molar-refractivity contribution in [2.45, 2.75) is 70.3 Å². The minimum absolute atomic E-state index is 0.0843. The summed E-state index contributed by atoms with van der Waals surface area (Å²) in [6.07, 6.45) is 10.6. The summed E-state index contributed by atoms with van der Waals surface area (Å²) in [5.41, 5.74) is 3.31. The van der Waals surface area contributed by atoms with Crippen LogP contribution in [-0.4, -0.2) is 40.3 Å². The predicted molar refractivity (Wildman–Crippen MR) is 121 cm³/mol. The van der Waals surface area contributed by atoms with Crippen molar-refractivity contribution in [1.29, 1.82) is 0 Å². The number of hydrogen-bond donors (Lipinski definition) is 1. The van der Waals surface area contributed by atoms with Crippen LogP contribution >= 0.6 is 0 Å². The maximum absolute atomic E-state index is 12.0. The number of nitrogens with zero attached hydrogens (tertiary/aromatic N) is 3. The molecule has 1 aliphatic heterocycles. The molecule has 2 heterocycles. The lowest BCUT2D eigenvalue weighted by Crippen LogP contribution is -2.42. The van der Waals surface area contributed by atoms with Crippen LogP contribution in [0.25, 0.3) is 0 Å². The molecule has 1 saturated carbocycles. The average Bonchev–Trinajstić information content (AvgIpc) is 2.77. The Hall–Kier alpha value is -2.27. The lowest BCUT2D eigenvalue weighted by molar-refractivity contribution is 0.0981. The van der Waals surface area contributed by atoms with Gasteiger partial charge in [-0.05, 0) is 75.2 Å². The Bertz CT molecular complexity index is 834. The van der Waals surface area contributed by atoms with Crippen molar-refractivity contribution in [1.82, 2.24) is 14.9 Å². The van der Waals surface area contributed by atoms with Crippen molar-refractivity contribution < 1.29 is 4.79 Å². The number of ketones is 1. The molecule has 1 aromatic carbocycles. The fourth-order valence-electron chi connectivity index (χ4n) is 4.80. The van der Waals surface area contributed by atoms with Gasteiger partial charge in [-0.1, -0.05) is 38.1 Å². The number of Topliss-reactive ketones (excluding diaryl/α,β-unsaturated/α-hetero) is 1. The molecule has 0 radical (unpaired) electrons. The Balaban J connectivity index is 1.43. The number of aromatic nitrogens is 2. The first kappa shape index (κ1) is 21.0. The highest BCUT2D eigenvalue weighted by molar-refractivity contribution is 5.95. The molecule has 1 aromatic heterocycles. The van der Waals surface area contributed by atoms with Crippen molar-refractivity contribution in [2.75, 3.05) is 25.0 Å². The van der Waals surface area contributed by atoms with Crippen LogP contribution < -0.4 is 5.32 Å². The molecular formula is C25H34N4O. The van der Waals surface area contributed by atoms with Gasteiger partial charge in [-0.3, -0.25) is 4.79 Å². The van der Waals surface area contributed by atoms with E-state index in [1.54, 1.807) is 12.4 Å². The van der Waals surface area contributed by atoms with Crippen LogP contribution in [0.5, 0.6) is 0 Å². The summed E-state index contributed by atoms with van der Waals surface area (Å²) >= 11 is 0. The summed E-state index contributed by atoms with van der Waals surface area (Å²) in [7, 11) is 0. The van der Waals surface area contributed by atoms with E-state index < -0.39 is 0 Å². The Labute approximate surface area is 180 Å². The minimum Gasteiger partial charge on any atom is -0.345 e. The molecule has 2 fully saturated rings. The van der Waals surface area contributed by atoms with Gasteiger partial charge < -0.3 is 10.2 Å². The normalized spacial score (nSPS) is 19.3. The van der Waals surface area contributed by atoms with E-state index in [1.165, 1.54) is 43.5 Å². The van der Waals surface area contributed by atoms with Gasteiger partial charge >= 0.3 is 0 Å². The molecule has 30 heavy (non-hydrogen) atoms. The van der Waals surface area contributed by atoms with Crippen molar-refractivity contribution in [3.8, 4) is 0 Å². The Morgan fingerprint density at radius 2 is 1.77 bits per heavy atom. The van der Waals surface area contributed by atoms with Gasteiger partial charge in [0.05, 0.1) is 11.1 Å². The third-order valence-corrected chi connectivity index (χ3v) is 6.98. The Morgan fingerprint density at radius 3 is 2.30 bits per heavy atom. The molecule has 5 heteroatoms. The van der Waals surface area contributed by atoms with Gasteiger partial charge in [-0.2, -0.15) is 0 Å². The standard InChI is InChI=1S/C25H34N4O/c1-3-6-23(30)21-17-26-24(27-18-21)28-25(13-5-14-25)22-9-7-19(8-10-22)20-11-15-29(4-2)16-12-20/h7-10,17-18,20H,3-6,11-16H2,1-2H3,(H,26,27,28). The second-order valence-corrected chi connectivity index (χ2v) is 8.86. The predicted octanol–water partition coefficient (Wildman–Crippen LogP) is 5.15. The zero-order valence-electron chi connectivity index (χ0n) is 18.4. The molecule has 0 amide bonds. The van der Waals surface area contributed by atoms with Crippen LogP contribution in [0.3, 0.4) is 0 Å². The Kier molecular flexibility index (Phi) is 6.47. The number of rotatable bonds is 8. The molecule has 0 bridgehead atoms. The van der Waals surface area contributed by atoms with E-state index in [9.17, 15) is 4.79 Å². The summed E-state index contributed by atoms with van der Waals surface area (Å²) < 4.78 is 0. The third-order valence-electron chi connectivity index (χ3n) is 6.98. The molecule has 1 N–H and O–H groups in total. The lowest BCUT2D eigenvalue weighted by atomic mass is 9.71. The maximum atomic E-state index is 12.0. The molecule has 1 aliphatic carbocycles. The van der Waals surface area contributed by atoms with Crippen molar-refractivity contribution in [3.05, 3.63) is 53.3 Å². The van der Waals surface area contributed by atoms with Crippen molar-refractivity contribution >= 4 is 11.7 Å². The van der Waals surface area contributed by atoms with Crippen molar-refractivity contribution in [2.24, 2.45) is 0 Å². The monoisotopic (exact) mass is 406 g/mol. The molecular weight excluding hydrogens is 372 g/mol. The number of carbonyl (C=O) groups is 1. The second-order valence-electron chi connectivity index (χ2n) is 8.86. The summed E-state index contributed by atoms with van der Waals surface area (Å²) in [6, 6.07) is 9.26. The number of piperidine rings is 1. The number of benzene rings is 1. The van der Waals surface area contributed by atoms with Crippen LogP contribution in [0.2, 0.25) is 0 Å². The minimum atomic E-state index is -0.0843. The first-order chi connectivity index (χ1) is 14.6. The zero-order chi connectivity index (χ0) is 21.0. The van der Waals surface area contributed by atoms with Crippen LogP contribution in [0.15, 0.2) is 36.7 Å². The largest absolute Gasteiger partial charge is 0.345 e. The summed E-state index contributed by atoms with van der Waals surface area (Å²) in [6.45, 7) is 7.84. The van der Waals surface area contributed by atoms with Crippen LogP contribution in [0.1, 0.15) is 86.2 Å². The zero-order valence-corrected chi connectivity index (χ0v) is 18.4. The number of hydrogen-bond acceptors (Lipinski definition) is 5. The first-order valence-electron chi connectivity index (χ1n) is 11.6. The molecule has 1 saturated heterocycles. The maximum Gasteiger partial charge on any atom is 0.223 e. The summed E-state index contributed by atoms with van der Waals surface area (Å²) in [4.78, 5) is 23.4. The van der Waals surface area contributed by atoms with E-state index in [0.29, 0.717) is 23.9 Å². The van der Waals surface area contributed by atoms with E-state index in [-0.39, 0.29) is 11.3 Å². The fraction of sp³-hybridized carbons (Fsp3) is 0.560. The molecule has 0 spiro atoms. The van der Waals surface area contributed by atoms with E-state index in [4.69, 9.17) is 0 Å². The smallest absolute Gasteiger partial charge is 0.223 e. The Morgan fingerprint density at radius 1 is 1.10 bits per heavy atom. The van der Waals surface area contributed by atoms with E-state index in [0.717, 1.165) is 25.8 Å². The van der Waals surface area contributed by atoms with Crippen molar-refractivity contribution in [3.63, 3.8) is 0 Å². The van der Waals surface area contributed by atoms with Gasteiger partial charge in [0, 0.05) is 18.8 Å². The van der Waals surface area contributed by atoms with Gasteiger partial charge in [0.2, 0.25) is 5.95 Å². The van der Waals surface area contributed by atoms with Crippen LogP contribution in [0.4, 0.5) is 5.95 Å². The molecule has 0 atom stereocenters. The number of carbonyl (C=O) groups excluding carboxylic acids is 1. The number of nitrogens with one attached hydrogen (secondary N) is 1. The lowest BCUT2D eigenvalue weighted by Gasteiger charge is -2.43. The van der Waals surface area contributed by atoms with Gasteiger partial charge in [0.1, 0.15) is 0 Å². The third kappa shape index (κ3) is 4.41. The van der Waals surface area contributed by atoms with E-state index >= 15 is 0 Å². The summed E-state index contributed by atoms with van der Waals surface area (Å²) in [5.74, 6) is 1.41. The van der Waals surface area contributed by atoms with E-state index in [2.05, 4.69) is 51.4 Å². The highest BCUT2D eigenvalue weighted by Crippen LogP contribution is 2.44. The number of anilines is 1. The van der Waals surface area contributed by atoms with Gasteiger partial charge in [0.25, 0.3) is 0 Å². The average molecular weight is 407 g/mol. The summed E-state index contributed by atoms with van der Waals surface area (Å²) in [5, 5.41) is 3.58. The highest BCUT2D eigenvalue weighted by atomic mass is 16.1. The second kappa shape index (κ2) is 9.25. The topological polar surface area (TPSA) is 58.1 Å². The fourth-order valence-corrected chi connectivity index (χ4v) is 4.80. The molecule has 4 rings (SSSR count). The molecule has 2 aromatic rings. The quantitative estimate of drug-likeness (QED) is 0.614. The highest BCUT2D eigenvalue weighted by Gasteiger charge is 2.39. The number of likely N-dealkylation sites (tertiary alicyclic amines) is 1. The molecule has 2 aliphatic rings. The SMILES string of the molecule is CCCC(=O)c1cnc(NC2(c3ccc(C4CCN(CC)CC4)cc3)CCC2)nc1. The van der Waals surface area contributed by atoms with E-state index in [1.807, 2.05) is 6.92 Å². The van der Waals surface area contributed by atoms with Gasteiger partial charge in [-0.15, -0.1) is 0 Å². The van der Waals surface area contributed by atoms with Crippen LogP contribution in [0, 0.1) is 0 Å². The molecule has 5 nitrogen and oxygen atoms in total. The molecule has 160 valence electrons.